The molecule has 0 aromatic heterocycles. The van der Waals surface area contributed by atoms with Crippen LogP contribution >= 0.6 is 46.4 Å². The van der Waals surface area contributed by atoms with E-state index in [4.69, 9.17) is 55.9 Å². The molecule has 0 spiro atoms. The molecule has 0 saturated heterocycles. The molecular formula is C29H23Cl4N3O6S. The lowest BCUT2D eigenvalue weighted by Crippen LogP contribution is -2.38. The Bertz CT molecular complexity index is 1750. The summed E-state index contributed by atoms with van der Waals surface area (Å²) in [6, 6.07) is 20.9. The van der Waals surface area contributed by atoms with Gasteiger partial charge >= 0.3 is 0 Å². The number of sulfonamides is 1. The maximum absolute atomic E-state index is 13.9. The highest BCUT2D eigenvalue weighted by molar-refractivity contribution is 7.92. The number of carbonyl (C=O) groups is 2. The standard InChI is InChI=1S/C29H23Cl4N3O6S/c1-41-27-5-3-2-4-26(27)36(16-28(37)34-24-14-18(30)6-12-22(24)32)43(39,40)21-10-8-20(9-11-21)42-17-29(38)35-25-15-19(31)7-13-23(25)33/h2-15H,16-17H2,1H3,(H,34,37)(H,35,38). The van der Waals surface area contributed by atoms with Gasteiger partial charge in [-0.25, -0.2) is 8.42 Å². The molecule has 0 unspecified atom stereocenters. The van der Waals surface area contributed by atoms with Crippen molar-refractivity contribution in [3.05, 3.63) is 105 Å². The van der Waals surface area contributed by atoms with Crippen LogP contribution in [0.2, 0.25) is 20.1 Å². The first-order valence-corrected chi connectivity index (χ1v) is 15.3. The second-order valence-electron chi connectivity index (χ2n) is 8.79. The topological polar surface area (TPSA) is 114 Å². The van der Waals surface area contributed by atoms with Gasteiger partial charge in [-0.2, -0.15) is 0 Å². The Morgan fingerprint density at radius 3 is 1.91 bits per heavy atom. The molecule has 0 fully saturated rings. The zero-order valence-corrected chi connectivity index (χ0v) is 26.2. The third-order valence-corrected chi connectivity index (χ3v) is 8.73. The Morgan fingerprint density at radius 2 is 1.33 bits per heavy atom. The molecule has 0 aliphatic carbocycles. The van der Waals surface area contributed by atoms with Gasteiger partial charge in [-0.15, -0.1) is 0 Å². The van der Waals surface area contributed by atoms with Crippen molar-refractivity contribution < 1.29 is 27.5 Å². The van der Waals surface area contributed by atoms with Crippen LogP contribution in [0.25, 0.3) is 0 Å². The minimum absolute atomic E-state index is 0.133. The molecule has 14 heteroatoms. The lowest BCUT2D eigenvalue weighted by atomic mass is 10.3. The fourth-order valence-corrected chi connectivity index (χ4v) is 5.92. The van der Waals surface area contributed by atoms with E-state index < -0.39 is 28.4 Å². The van der Waals surface area contributed by atoms with Crippen LogP contribution < -0.4 is 24.4 Å². The Morgan fingerprint density at radius 1 is 0.767 bits per heavy atom. The van der Waals surface area contributed by atoms with Gasteiger partial charge in [-0.3, -0.25) is 13.9 Å². The number of anilines is 3. The Labute approximate surface area is 268 Å². The van der Waals surface area contributed by atoms with Crippen molar-refractivity contribution >= 4 is 85.3 Å². The van der Waals surface area contributed by atoms with E-state index >= 15 is 0 Å². The van der Waals surface area contributed by atoms with E-state index in [0.29, 0.717) is 20.8 Å². The molecule has 0 heterocycles. The third-order valence-electron chi connectivity index (χ3n) is 5.83. The summed E-state index contributed by atoms with van der Waals surface area (Å²) < 4.78 is 39.5. The summed E-state index contributed by atoms with van der Waals surface area (Å²) in [5, 5.41) is 6.45. The summed E-state index contributed by atoms with van der Waals surface area (Å²) >= 11 is 24.2. The van der Waals surface area contributed by atoms with E-state index in [1.165, 1.54) is 55.6 Å². The molecule has 4 aromatic rings. The zero-order chi connectivity index (χ0) is 31.1. The average Bonchev–Trinajstić information content (AvgIpc) is 2.98. The fraction of sp³-hybridized carbons (Fsp3) is 0.103. The van der Waals surface area contributed by atoms with Gasteiger partial charge in [0.25, 0.3) is 15.9 Å². The third kappa shape index (κ3) is 8.25. The van der Waals surface area contributed by atoms with Crippen LogP contribution in [0.1, 0.15) is 0 Å². The average molecular weight is 683 g/mol. The van der Waals surface area contributed by atoms with Crippen molar-refractivity contribution in [1.29, 1.82) is 0 Å². The number of amides is 2. The number of nitrogens with one attached hydrogen (secondary N) is 2. The van der Waals surface area contributed by atoms with E-state index in [-0.39, 0.29) is 39.4 Å². The molecular weight excluding hydrogens is 660 g/mol. The summed E-state index contributed by atoms with van der Waals surface area (Å²) in [6.07, 6.45) is 0. The first-order chi connectivity index (χ1) is 20.5. The molecule has 2 N–H and O–H groups in total. The summed E-state index contributed by atoms with van der Waals surface area (Å²) in [5.74, 6) is -0.729. The fourth-order valence-electron chi connectivity index (χ4n) is 3.81. The van der Waals surface area contributed by atoms with Gasteiger partial charge in [-0.05, 0) is 72.8 Å². The summed E-state index contributed by atoms with van der Waals surface area (Å²) in [7, 11) is -2.93. The quantitative estimate of drug-likeness (QED) is 0.174. The van der Waals surface area contributed by atoms with Crippen molar-refractivity contribution in [1.82, 2.24) is 0 Å². The van der Waals surface area contributed by atoms with Crippen molar-refractivity contribution in [2.75, 3.05) is 35.2 Å². The molecule has 4 aromatic carbocycles. The van der Waals surface area contributed by atoms with E-state index in [9.17, 15) is 18.0 Å². The molecule has 2 amide bonds. The maximum Gasteiger partial charge on any atom is 0.264 e. The Kier molecular flexibility index (Phi) is 10.6. The number of hydrogen-bond donors (Lipinski definition) is 2. The van der Waals surface area contributed by atoms with Crippen LogP contribution in [0.15, 0.2) is 89.8 Å². The molecule has 9 nitrogen and oxygen atoms in total. The van der Waals surface area contributed by atoms with Crippen LogP contribution in [-0.4, -0.2) is 40.5 Å². The number of hydrogen-bond acceptors (Lipinski definition) is 6. The van der Waals surface area contributed by atoms with Crippen LogP contribution in [0, 0.1) is 0 Å². The summed E-state index contributed by atoms with van der Waals surface area (Å²) in [5.41, 5.74) is 0.677. The number of benzene rings is 4. The van der Waals surface area contributed by atoms with Crippen molar-refractivity contribution in [2.24, 2.45) is 0 Å². The van der Waals surface area contributed by atoms with Gasteiger partial charge in [-0.1, -0.05) is 58.5 Å². The van der Waals surface area contributed by atoms with Gasteiger partial charge < -0.3 is 20.1 Å². The molecule has 0 aliphatic heterocycles. The van der Waals surface area contributed by atoms with Gasteiger partial charge in [0.1, 0.15) is 18.0 Å². The highest BCUT2D eigenvalue weighted by atomic mass is 35.5. The molecule has 43 heavy (non-hydrogen) atoms. The largest absolute Gasteiger partial charge is 0.495 e. The summed E-state index contributed by atoms with van der Waals surface area (Å²) in [4.78, 5) is 25.3. The molecule has 0 aliphatic rings. The van der Waals surface area contributed by atoms with Crippen molar-refractivity contribution in [3.63, 3.8) is 0 Å². The lowest BCUT2D eigenvalue weighted by molar-refractivity contribution is -0.118. The Hall–Kier alpha value is -3.67. The van der Waals surface area contributed by atoms with E-state index in [1.54, 1.807) is 36.4 Å². The molecule has 224 valence electrons. The van der Waals surface area contributed by atoms with E-state index in [2.05, 4.69) is 10.6 Å². The zero-order valence-electron chi connectivity index (χ0n) is 22.3. The number of methoxy groups -OCH3 is 1. The predicted molar refractivity (Wildman–Crippen MR) is 170 cm³/mol. The van der Waals surface area contributed by atoms with Crippen LogP contribution in [0.5, 0.6) is 11.5 Å². The first kappa shape index (κ1) is 32.2. The summed E-state index contributed by atoms with van der Waals surface area (Å²) in [6.45, 7) is -0.995. The van der Waals surface area contributed by atoms with E-state index in [1.807, 2.05) is 0 Å². The van der Waals surface area contributed by atoms with Crippen molar-refractivity contribution in [2.45, 2.75) is 4.90 Å². The molecule has 0 radical (unpaired) electrons. The minimum Gasteiger partial charge on any atom is -0.495 e. The van der Waals surface area contributed by atoms with Crippen LogP contribution in [-0.2, 0) is 19.6 Å². The smallest absolute Gasteiger partial charge is 0.264 e. The highest BCUT2D eigenvalue weighted by Crippen LogP contribution is 2.33. The monoisotopic (exact) mass is 681 g/mol. The molecule has 0 atom stereocenters. The normalized spacial score (nSPS) is 11.0. The second kappa shape index (κ2) is 14.2. The predicted octanol–water partition coefficient (Wildman–Crippen LogP) is 7.16. The van der Waals surface area contributed by atoms with Gasteiger partial charge in [0.15, 0.2) is 6.61 Å². The van der Waals surface area contributed by atoms with E-state index in [0.717, 1.165) is 4.31 Å². The van der Waals surface area contributed by atoms with Gasteiger partial charge in [0.05, 0.1) is 39.1 Å². The van der Waals surface area contributed by atoms with Crippen LogP contribution in [0.4, 0.5) is 17.1 Å². The number of nitrogens with zero attached hydrogens (tertiary/aromatic N) is 1. The lowest BCUT2D eigenvalue weighted by Gasteiger charge is -2.25. The Balaban J connectivity index is 1.53. The molecule has 0 saturated carbocycles. The number of carbonyl (C=O) groups excluding carboxylic acids is 2. The molecule has 0 bridgehead atoms. The number of para-hydroxylation sites is 2. The first-order valence-electron chi connectivity index (χ1n) is 12.4. The molecule has 4 rings (SSSR count). The SMILES string of the molecule is COc1ccccc1N(CC(=O)Nc1cc(Cl)ccc1Cl)S(=O)(=O)c1ccc(OCC(=O)Nc2cc(Cl)ccc2Cl)cc1. The number of ether oxygens (including phenoxy) is 2. The minimum atomic E-state index is -4.32. The van der Waals surface area contributed by atoms with Gasteiger partial charge in [0.2, 0.25) is 5.91 Å². The second-order valence-corrected chi connectivity index (χ2v) is 12.3. The number of halogens is 4. The van der Waals surface area contributed by atoms with Crippen LogP contribution in [0.3, 0.4) is 0 Å². The van der Waals surface area contributed by atoms with Gasteiger partial charge in [0, 0.05) is 10.0 Å². The maximum atomic E-state index is 13.9. The number of rotatable bonds is 11. The van der Waals surface area contributed by atoms with Crippen molar-refractivity contribution in [3.8, 4) is 11.5 Å². The highest BCUT2D eigenvalue weighted by Gasteiger charge is 2.29.